The van der Waals surface area contributed by atoms with Crippen molar-refractivity contribution in [1.29, 1.82) is 0 Å². The fourth-order valence-corrected chi connectivity index (χ4v) is 2.32. The first-order valence-electron chi connectivity index (χ1n) is 5.11. The summed E-state index contributed by atoms with van der Waals surface area (Å²) in [6.07, 6.45) is 4.26. The maximum atomic E-state index is 8.80. The number of ether oxygens (including phenoxy) is 2. The molecule has 76 valence electrons. The molecule has 2 aliphatic rings. The number of aliphatic hydroxyl groups excluding tert-OH is 1. The zero-order valence-corrected chi connectivity index (χ0v) is 8.21. The minimum atomic E-state index is -0.359. The molecular formula is C10H18O3. The predicted molar refractivity (Wildman–Crippen MR) is 48.3 cm³/mol. The minimum absolute atomic E-state index is 0.215. The molecule has 0 bridgehead atoms. The van der Waals surface area contributed by atoms with Crippen molar-refractivity contribution < 1.29 is 14.6 Å². The zero-order chi connectivity index (χ0) is 9.36. The van der Waals surface area contributed by atoms with Crippen molar-refractivity contribution in [2.75, 3.05) is 19.8 Å². The van der Waals surface area contributed by atoms with Gasteiger partial charge in [-0.15, -0.1) is 0 Å². The lowest BCUT2D eigenvalue weighted by Gasteiger charge is -2.32. The molecule has 0 atom stereocenters. The molecule has 2 fully saturated rings. The van der Waals surface area contributed by atoms with Gasteiger partial charge in [0.2, 0.25) is 0 Å². The average Bonchev–Trinajstić information content (AvgIpc) is 2.81. The van der Waals surface area contributed by atoms with Gasteiger partial charge in [-0.05, 0) is 32.6 Å². The highest BCUT2D eigenvalue weighted by atomic mass is 16.7. The van der Waals surface area contributed by atoms with Crippen LogP contribution in [0.5, 0.6) is 0 Å². The number of rotatable bonds is 4. The Morgan fingerprint density at radius 1 is 1.23 bits per heavy atom. The van der Waals surface area contributed by atoms with Crippen molar-refractivity contribution >= 4 is 0 Å². The highest BCUT2D eigenvalue weighted by Gasteiger charge is 2.59. The molecule has 3 nitrogen and oxygen atoms in total. The van der Waals surface area contributed by atoms with Crippen LogP contribution >= 0.6 is 0 Å². The summed E-state index contributed by atoms with van der Waals surface area (Å²) in [6, 6.07) is 0. The van der Waals surface area contributed by atoms with E-state index in [-0.39, 0.29) is 17.8 Å². The van der Waals surface area contributed by atoms with E-state index in [1.807, 2.05) is 6.92 Å². The van der Waals surface area contributed by atoms with E-state index in [2.05, 4.69) is 0 Å². The summed E-state index contributed by atoms with van der Waals surface area (Å²) in [5.41, 5.74) is 0.215. The summed E-state index contributed by atoms with van der Waals surface area (Å²) in [4.78, 5) is 0. The highest BCUT2D eigenvalue weighted by Crippen LogP contribution is 2.60. The number of hydrogen-bond acceptors (Lipinski definition) is 3. The standard InChI is InChI=1S/C10H18O3/c1-9(12-7-8-13-9)10(4-5-10)3-2-6-11/h11H,2-8H2,1H3. The lowest BCUT2D eigenvalue weighted by Crippen LogP contribution is -2.37. The Bertz CT molecular complexity index is 181. The van der Waals surface area contributed by atoms with Gasteiger partial charge in [0.1, 0.15) is 0 Å². The van der Waals surface area contributed by atoms with Crippen LogP contribution in [0.15, 0.2) is 0 Å². The molecule has 1 saturated heterocycles. The van der Waals surface area contributed by atoms with Crippen molar-refractivity contribution in [2.45, 2.75) is 38.4 Å². The monoisotopic (exact) mass is 186 g/mol. The van der Waals surface area contributed by atoms with Gasteiger partial charge in [-0.1, -0.05) is 0 Å². The fraction of sp³-hybridized carbons (Fsp3) is 1.00. The van der Waals surface area contributed by atoms with E-state index >= 15 is 0 Å². The van der Waals surface area contributed by atoms with Crippen LogP contribution in [0, 0.1) is 5.41 Å². The molecule has 1 N–H and O–H groups in total. The van der Waals surface area contributed by atoms with Crippen LogP contribution in [0.25, 0.3) is 0 Å². The van der Waals surface area contributed by atoms with Gasteiger partial charge in [0.05, 0.1) is 13.2 Å². The molecule has 13 heavy (non-hydrogen) atoms. The van der Waals surface area contributed by atoms with Gasteiger partial charge in [0.15, 0.2) is 5.79 Å². The smallest absolute Gasteiger partial charge is 0.171 e. The normalized spacial score (nSPS) is 29.1. The maximum absolute atomic E-state index is 8.80. The molecule has 0 amide bonds. The number of hydrogen-bond donors (Lipinski definition) is 1. The molecule has 1 aliphatic carbocycles. The topological polar surface area (TPSA) is 38.7 Å². The summed E-state index contributed by atoms with van der Waals surface area (Å²) in [5.74, 6) is -0.359. The lowest BCUT2D eigenvalue weighted by molar-refractivity contribution is -0.194. The Morgan fingerprint density at radius 2 is 1.85 bits per heavy atom. The van der Waals surface area contributed by atoms with E-state index < -0.39 is 0 Å². The van der Waals surface area contributed by atoms with Crippen LogP contribution in [0.3, 0.4) is 0 Å². The number of aliphatic hydroxyl groups is 1. The molecule has 0 spiro atoms. The van der Waals surface area contributed by atoms with E-state index in [0.717, 1.165) is 26.1 Å². The molecule has 0 aromatic heterocycles. The molecule has 1 saturated carbocycles. The quantitative estimate of drug-likeness (QED) is 0.719. The van der Waals surface area contributed by atoms with Crippen molar-refractivity contribution in [1.82, 2.24) is 0 Å². The first-order chi connectivity index (χ1) is 6.22. The maximum Gasteiger partial charge on any atom is 0.171 e. The van der Waals surface area contributed by atoms with E-state index in [1.54, 1.807) is 0 Å². The third-order valence-electron chi connectivity index (χ3n) is 3.47. The van der Waals surface area contributed by atoms with Gasteiger partial charge in [0.25, 0.3) is 0 Å². The summed E-state index contributed by atoms with van der Waals surface area (Å²) < 4.78 is 11.3. The van der Waals surface area contributed by atoms with Crippen LogP contribution in [-0.2, 0) is 9.47 Å². The third kappa shape index (κ3) is 1.49. The molecule has 1 heterocycles. The molecule has 0 aromatic rings. The molecule has 3 heteroatoms. The Balaban J connectivity index is 1.97. The van der Waals surface area contributed by atoms with E-state index in [1.165, 1.54) is 12.8 Å². The molecular weight excluding hydrogens is 168 g/mol. The molecule has 2 rings (SSSR count). The SMILES string of the molecule is CC1(C2(CCCO)CC2)OCCO1. The van der Waals surface area contributed by atoms with Crippen LogP contribution in [-0.4, -0.2) is 30.7 Å². The Morgan fingerprint density at radius 3 is 2.31 bits per heavy atom. The minimum Gasteiger partial charge on any atom is -0.396 e. The zero-order valence-electron chi connectivity index (χ0n) is 8.21. The summed E-state index contributed by atoms with van der Waals surface area (Å²) in [5, 5.41) is 8.80. The van der Waals surface area contributed by atoms with Crippen molar-refractivity contribution in [3.63, 3.8) is 0 Å². The first-order valence-corrected chi connectivity index (χ1v) is 5.11. The predicted octanol–water partition coefficient (Wildman–Crippen LogP) is 1.30. The molecule has 0 radical (unpaired) electrons. The van der Waals surface area contributed by atoms with Gasteiger partial charge in [-0.25, -0.2) is 0 Å². The van der Waals surface area contributed by atoms with Crippen molar-refractivity contribution in [3.8, 4) is 0 Å². The second kappa shape index (κ2) is 3.23. The van der Waals surface area contributed by atoms with E-state index in [9.17, 15) is 0 Å². The average molecular weight is 186 g/mol. The first kappa shape index (κ1) is 9.44. The molecule has 1 aliphatic heterocycles. The van der Waals surface area contributed by atoms with Crippen molar-refractivity contribution in [3.05, 3.63) is 0 Å². The summed E-state index contributed by atoms with van der Waals surface area (Å²) in [6.45, 7) is 3.76. The third-order valence-corrected chi connectivity index (χ3v) is 3.47. The Hall–Kier alpha value is -0.120. The summed E-state index contributed by atoms with van der Waals surface area (Å²) in [7, 11) is 0. The Kier molecular flexibility index (Phi) is 2.34. The van der Waals surface area contributed by atoms with E-state index in [0.29, 0.717) is 0 Å². The second-order valence-electron chi connectivity index (χ2n) is 4.25. The van der Waals surface area contributed by atoms with Crippen LogP contribution in [0.1, 0.15) is 32.6 Å². The van der Waals surface area contributed by atoms with Gasteiger partial charge in [-0.3, -0.25) is 0 Å². The second-order valence-corrected chi connectivity index (χ2v) is 4.25. The van der Waals surface area contributed by atoms with Crippen LogP contribution in [0.2, 0.25) is 0 Å². The van der Waals surface area contributed by atoms with Crippen molar-refractivity contribution in [2.24, 2.45) is 5.41 Å². The van der Waals surface area contributed by atoms with Crippen LogP contribution in [0.4, 0.5) is 0 Å². The summed E-state index contributed by atoms with van der Waals surface area (Å²) >= 11 is 0. The largest absolute Gasteiger partial charge is 0.396 e. The Labute approximate surface area is 79.0 Å². The van der Waals surface area contributed by atoms with Gasteiger partial charge in [0, 0.05) is 12.0 Å². The van der Waals surface area contributed by atoms with Crippen LogP contribution < -0.4 is 0 Å². The van der Waals surface area contributed by atoms with E-state index in [4.69, 9.17) is 14.6 Å². The fourth-order valence-electron chi connectivity index (χ4n) is 2.32. The molecule has 0 aromatic carbocycles. The van der Waals surface area contributed by atoms with Gasteiger partial charge < -0.3 is 14.6 Å². The van der Waals surface area contributed by atoms with Gasteiger partial charge in [-0.2, -0.15) is 0 Å². The van der Waals surface area contributed by atoms with Gasteiger partial charge >= 0.3 is 0 Å². The lowest BCUT2D eigenvalue weighted by atomic mass is 9.91. The molecule has 0 unspecified atom stereocenters. The highest BCUT2D eigenvalue weighted by molar-refractivity contribution is 5.03.